The van der Waals surface area contributed by atoms with E-state index in [1.54, 1.807) is 31.2 Å². The molecule has 114 valence electrons. The van der Waals surface area contributed by atoms with Gasteiger partial charge in [-0.2, -0.15) is 0 Å². The summed E-state index contributed by atoms with van der Waals surface area (Å²) in [6.45, 7) is 2.09. The molecule has 1 N–H and O–H groups in total. The van der Waals surface area contributed by atoms with Crippen LogP contribution in [0.25, 0.3) is 0 Å². The van der Waals surface area contributed by atoms with Crippen LogP contribution in [0.4, 0.5) is 0 Å². The van der Waals surface area contributed by atoms with Gasteiger partial charge in [0.15, 0.2) is 0 Å². The first kappa shape index (κ1) is 15.9. The summed E-state index contributed by atoms with van der Waals surface area (Å²) in [7, 11) is -3.53. The molecule has 1 atom stereocenters. The lowest BCUT2D eigenvalue weighted by molar-refractivity contribution is 0.0652. The molecule has 1 aromatic rings. The van der Waals surface area contributed by atoms with Crippen LogP contribution in [-0.2, 0) is 9.09 Å². The first-order valence-corrected chi connectivity index (χ1v) is 8.64. The maximum Gasteiger partial charge on any atom is 0.328 e. The topological polar surface area (TPSA) is 83.9 Å². The molecule has 6 nitrogen and oxygen atoms in total. The standard InChI is InChI=1S/C14H18NO5P/c1-2-20-21(18,19)10-6-5-9-15-13(16)11-7-3-4-8-12(11)14(15)17/h3-4,7-8H,2,5-6,9-10H2,1H3,(H,18,19). The van der Waals surface area contributed by atoms with Gasteiger partial charge < -0.3 is 9.42 Å². The Balaban J connectivity index is 1.87. The van der Waals surface area contributed by atoms with Crippen molar-refractivity contribution >= 4 is 19.4 Å². The maximum atomic E-state index is 12.1. The Morgan fingerprint density at radius 1 is 1.14 bits per heavy atom. The molecular formula is C14H18NO5P. The zero-order valence-electron chi connectivity index (χ0n) is 11.8. The third-order valence-corrected chi connectivity index (χ3v) is 4.82. The SMILES string of the molecule is CCOP(=O)(O)CCCCN1C(=O)c2ccccc2C1=O. The van der Waals surface area contributed by atoms with Gasteiger partial charge in [-0.1, -0.05) is 12.1 Å². The minimum Gasteiger partial charge on any atom is -0.324 e. The second-order valence-electron chi connectivity index (χ2n) is 4.79. The van der Waals surface area contributed by atoms with Gasteiger partial charge in [0.2, 0.25) is 0 Å². The number of unbranched alkanes of at least 4 members (excludes halogenated alkanes) is 1. The highest BCUT2D eigenvalue weighted by Crippen LogP contribution is 2.42. The van der Waals surface area contributed by atoms with E-state index in [4.69, 9.17) is 4.52 Å². The van der Waals surface area contributed by atoms with Crippen molar-refractivity contribution in [3.8, 4) is 0 Å². The molecule has 0 aromatic heterocycles. The molecule has 2 amide bonds. The average molecular weight is 311 g/mol. The molecule has 0 bridgehead atoms. The van der Waals surface area contributed by atoms with Crippen molar-refractivity contribution in [1.29, 1.82) is 0 Å². The Morgan fingerprint density at radius 2 is 1.71 bits per heavy atom. The number of carbonyl (C=O) groups is 2. The Labute approximate surface area is 123 Å². The summed E-state index contributed by atoms with van der Waals surface area (Å²) in [6.07, 6.45) is 0.925. The van der Waals surface area contributed by atoms with Crippen LogP contribution in [0.5, 0.6) is 0 Å². The Kier molecular flexibility index (Phi) is 4.93. The largest absolute Gasteiger partial charge is 0.328 e. The van der Waals surface area contributed by atoms with E-state index >= 15 is 0 Å². The van der Waals surface area contributed by atoms with E-state index in [2.05, 4.69) is 0 Å². The fourth-order valence-corrected chi connectivity index (χ4v) is 3.45. The number of benzene rings is 1. The second kappa shape index (κ2) is 6.52. The molecule has 0 fully saturated rings. The zero-order valence-corrected chi connectivity index (χ0v) is 12.7. The van der Waals surface area contributed by atoms with E-state index < -0.39 is 7.60 Å². The minimum absolute atomic E-state index is 0.0318. The summed E-state index contributed by atoms with van der Waals surface area (Å²) in [6, 6.07) is 6.70. The van der Waals surface area contributed by atoms with E-state index in [9.17, 15) is 19.0 Å². The molecule has 0 saturated carbocycles. The minimum atomic E-state index is -3.53. The molecule has 0 spiro atoms. The van der Waals surface area contributed by atoms with Gasteiger partial charge in [-0.15, -0.1) is 0 Å². The van der Waals surface area contributed by atoms with Gasteiger partial charge in [-0.3, -0.25) is 19.1 Å². The fraction of sp³-hybridized carbons (Fsp3) is 0.429. The predicted octanol–water partition coefficient (Wildman–Crippen LogP) is 2.28. The molecule has 1 heterocycles. The summed E-state index contributed by atoms with van der Waals surface area (Å²) in [5.41, 5.74) is 0.842. The Bertz CT molecular complexity index is 566. The molecular weight excluding hydrogens is 293 g/mol. The van der Waals surface area contributed by atoms with Crippen LogP contribution < -0.4 is 0 Å². The van der Waals surface area contributed by atoms with Crippen molar-refractivity contribution in [3.05, 3.63) is 35.4 Å². The quantitative estimate of drug-likeness (QED) is 0.474. The van der Waals surface area contributed by atoms with E-state index in [1.165, 1.54) is 4.90 Å². The molecule has 1 unspecified atom stereocenters. The number of nitrogens with zero attached hydrogens (tertiary/aromatic N) is 1. The van der Waals surface area contributed by atoms with Gasteiger partial charge in [-0.05, 0) is 31.9 Å². The van der Waals surface area contributed by atoms with Gasteiger partial charge >= 0.3 is 7.60 Å². The predicted molar refractivity (Wildman–Crippen MR) is 77.4 cm³/mol. The number of rotatable bonds is 7. The average Bonchev–Trinajstić information content (AvgIpc) is 2.68. The lowest BCUT2D eigenvalue weighted by Gasteiger charge is -2.14. The number of hydrogen-bond acceptors (Lipinski definition) is 4. The van der Waals surface area contributed by atoms with Crippen molar-refractivity contribution in [1.82, 2.24) is 4.90 Å². The van der Waals surface area contributed by atoms with E-state index in [0.29, 0.717) is 24.0 Å². The van der Waals surface area contributed by atoms with Crippen molar-refractivity contribution in [3.63, 3.8) is 0 Å². The third-order valence-electron chi connectivity index (χ3n) is 3.28. The van der Waals surface area contributed by atoms with Crippen LogP contribution in [0.15, 0.2) is 24.3 Å². The Hall–Kier alpha value is -1.49. The maximum absolute atomic E-state index is 12.1. The van der Waals surface area contributed by atoms with Crippen molar-refractivity contribution in [2.24, 2.45) is 0 Å². The van der Waals surface area contributed by atoms with Gasteiger partial charge in [0.1, 0.15) is 0 Å². The summed E-state index contributed by atoms with van der Waals surface area (Å²) >= 11 is 0. The number of imide groups is 1. The van der Waals surface area contributed by atoms with Crippen LogP contribution in [0.1, 0.15) is 40.5 Å². The zero-order chi connectivity index (χ0) is 15.5. The molecule has 1 aliphatic heterocycles. The summed E-state index contributed by atoms with van der Waals surface area (Å²) < 4.78 is 16.3. The monoisotopic (exact) mass is 311 g/mol. The van der Waals surface area contributed by atoms with Gasteiger partial charge in [0, 0.05) is 6.54 Å². The number of fused-ring (bicyclic) bond motifs is 1. The first-order chi connectivity index (χ1) is 9.96. The molecule has 0 aliphatic carbocycles. The lowest BCUT2D eigenvalue weighted by atomic mass is 10.1. The number of carbonyl (C=O) groups excluding carboxylic acids is 2. The summed E-state index contributed by atoms with van der Waals surface area (Å²) in [4.78, 5) is 34.8. The van der Waals surface area contributed by atoms with Crippen molar-refractivity contribution in [2.75, 3.05) is 19.3 Å². The normalized spacial score (nSPS) is 17.0. The van der Waals surface area contributed by atoms with Crippen LogP contribution in [0.3, 0.4) is 0 Å². The Morgan fingerprint density at radius 3 is 2.24 bits per heavy atom. The lowest BCUT2D eigenvalue weighted by Crippen LogP contribution is -2.30. The molecule has 7 heteroatoms. The fourth-order valence-electron chi connectivity index (χ4n) is 2.29. The van der Waals surface area contributed by atoms with Crippen LogP contribution in [0, 0.1) is 0 Å². The molecule has 2 rings (SSSR count). The number of hydrogen-bond donors (Lipinski definition) is 1. The smallest absolute Gasteiger partial charge is 0.324 e. The molecule has 0 saturated heterocycles. The highest BCUT2D eigenvalue weighted by molar-refractivity contribution is 7.52. The van der Waals surface area contributed by atoms with Crippen LogP contribution in [0.2, 0.25) is 0 Å². The number of amides is 2. The van der Waals surface area contributed by atoms with E-state index in [0.717, 1.165) is 0 Å². The highest BCUT2D eigenvalue weighted by Gasteiger charge is 2.34. The van der Waals surface area contributed by atoms with Crippen LogP contribution in [-0.4, -0.2) is 40.9 Å². The van der Waals surface area contributed by atoms with Gasteiger partial charge in [0.05, 0.1) is 23.9 Å². The third kappa shape index (κ3) is 3.59. The van der Waals surface area contributed by atoms with Gasteiger partial charge in [-0.25, -0.2) is 0 Å². The van der Waals surface area contributed by atoms with E-state index in [1.807, 2.05) is 0 Å². The van der Waals surface area contributed by atoms with E-state index in [-0.39, 0.29) is 31.1 Å². The first-order valence-electron chi connectivity index (χ1n) is 6.88. The molecule has 1 aliphatic rings. The van der Waals surface area contributed by atoms with Crippen LogP contribution >= 0.6 is 7.60 Å². The second-order valence-corrected chi connectivity index (χ2v) is 6.77. The summed E-state index contributed by atoms with van der Waals surface area (Å²) in [5.74, 6) is -0.597. The highest BCUT2D eigenvalue weighted by atomic mass is 31.2. The molecule has 21 heavy (non-hydrogen) atoms. The van der Waals surface area contributed by atoms with Crippen molar-refractivity contribution in [2.45, 2.75) is 19.8 Å². The molecule has 0 radical (unpaired) electrons. The van der Waals surface area contributed by atoms with Crippen molar-refractivity contribution < 1.29 is 23.6 Å². The van der Waals surface area contributed by atoms with Gasteiger partial charge in [0.25, 0.3) is 11.8 Å². The molecule has 1 aromatic carbocycles. The summed E-state index contributed by atoms with van der Waals surface area (Å²) in [5, 5.41) is 0.